The van der Waals surface area contributed by atoms with Crippen LogP contribution in [0.25, 0.3) is 0 Å². The summed E-state index contributed by atoms with van der Waals surface area (Å²) in [5.41, 5.74) is 11.8. The van der Waals surface area contributed by atoms with Gasteiger partial charge in [0.1, 0.15) is 23.1 Å². The van der Waals surface area contributed by atoms with Crippen LogP contribution in [0.5, 0.6) is 0 Å². The molecule has 0 amide bonds. The number of nitrogens with zero attached hydrogens (tertiary/aromatic N) is 20. The van der Waals surface area contributed by atoms with E-state index < -0.39 is 43.5 Å². The molecule has 10 atom stereocenters. The summed E-state index contributed by atoms with van der Waals surface area (Å²) >= 11 is 47.0. The molecule has 10 unspecified atom stereocenters. The zero-order valence-corrected chi connectivity index (χ0v) is 86.9. The standard InChI is InChI=1S/C19H30ClN5O2.C13H18ClN5O3.C13H20ClN5O.C10H10Cl2N4O3.C6H11NO.C6H15N.C5H11NO2.C4Cl3N3O2.C3H9N.CH4I2.CH4/c1-12(2)21-17-16(9-13(26)7-8-24(3)4)18(23-19(20)22-17)25-10-14-5-6-15(11-25)27-14;1-7(2)15-11-10(19(20)21)12(17-13(14)16-11)18-5-8-3-4-9(6-18)22-8;1-7(2)16-11-10(15)12(18-13(14)17-11)19-5-8-3-4-9(6-19)20-8;11-8-7(16(17)18)9(14-10(12)13-8)15-3-5-1-2-6(4-15)19-5;1-2-6-4-7-3-5(1)8-6;1-4-7(5-2)6-3;1-6(2)4-3-5(7)8;5-2-1(10(11)12)3(6)9-4(7)8-2;1-3(2)4;1-3-2;/h12,14-15H,5-11H2,1-4H3,(H,21,22,23);7-9H,3-6H2,1-2H3,(H,15,16,17);7-9H,3-6,15H2,1-2H3,(H,16,17,18);5-6H,1-4H2;5-7H,1-4H2;4-6H2,1-3H3;3-4H2,1-2H3,(H,7,8);;3H,4H2,1-2H3;3H,1H3;1H4/i;;;;;;;;;3D;. The summed E-state index contributed by atoms with van der Waals surface area (Å²) in [6.07, 6.45) is 14.4. The van der Waals surface area contributed by atoms with Gasteiger partial charge in [-0.3, -0.25) is 39.9 Å². The van der Waals surface area contributed by atoms with Crippen LogP contribution in [-0.2, 0) is 39.7 Å². The van der Waals surface area contributed by atoms with Crippen molar-refractivity contribution in [2.45, 2.75) is 252 Å². The molecule has 50 heteroatoms. The van der Waals surface area contributed by atoms with Crippen molar-refractivity contribution in [1.29, 1.82) is 0.594 Å². The van der Waals surface area contributed by atoms with E-state index in [2.05, 4.69) is 125 Å². The van der Waals surface area contributed by atoms with Crippen molar-refractivity contribution in [2.24, 2.45) is 5.73 Å². The number of morpholine rings is 5. The third-order valence-electron chi connectivity index (χ3n) is 20.7. The third kappa shape index (κ3) is 39.5. The molecule has 5 aromatic rings. The number of ether oxygens (including phenoxy) is 5. The monoisotopic (exact) mass is 2230 g/mol. The number of alkyl halides is 1. The predicted octanol–water partition coefficient (Wildman–Crippen LogP) is 15.1. The van der Waals surface area contributed by atoms with E-state index in [0.29, 0.717) is 87.0 Å². The minimum atomic E-state index is -1.04. The van der Waals surface area contributed by atoms with E-state index in [1.165, 1.54) is 32.5 Å². The Labute approximate surface area is 829 Å². The number of halogens is 10. The number of fused-ring (bicyclic) bond motifs is 10. The van der Waals surface area contributed by atoms with Gasteiger partial charge in [-0.15, -0.1) is 0 Å². The average Bonchev–Trinajstić information content (AvgIpc) is 1.31. The van der Waals surface area contributed by atoms with Crippen LogP contribution in [0.4, 0.5) is 63.5 Å². The fraction of sp³-hybridized carbons (Fsp3) is 0.728. The number of carboxylic acid groups (broad SMARTS) is 1. The van der Waals surface area contributed by atoms with E-state index in [9.17, 15) is 39.9 Å². The Kier molecular flexibility index (Phi) is 50.8. The predicted molar refractivity (Wildman–Crippen MR) is 540 cm³/mol. The average molecular weight is 2230 g/mol. The Bertz CT molecular complexity index is 4370. The normalized spacial score (nSPS) is 21.6. The SMILES string of the molecule is C.C1CC2CNCC1O2.CC(C)N.CC(C)Nc1nc(Cl)nc(N2CC3CCC(C2)O3)c1CC(=O)CCN(C)C.CC(C)Nc1nc(Cl)nc(N2CC3CCC(C2)O3)c1N.CC(C)Nc1nc(Cl)nc(N2CC3CCC(C2)O3)c1[N+](=O)[O-].CCN(CC)CC.CN(C)CCC(=O)O.O=[N+]([O-])c1c(Cl)nc(Cl)nc1Cl.O=[N+]([O-])c1c(Cl)nc(Cl)nc1N1CC2CCC(C1)O2.[2H]I(C)I. The molecule has 0 spiro atoms. The molecule has 0 aromatic carbocycles. The Morgan fingerprint density at radius 3 is 1.09 bits per heavy atom. The molecule has 40 nitrogen and oxygen atoms in total. The molecule has 10 aliphatic rings. The van der Waals surface area contributed by atoms with Gasteiger partial charge in [-0.2, -0.15) is 39.9 Å². The number of aliphatic carboxylic acids is 1. The van der Waals surface area contributed by atoms with Gasteiger partial charge in [0, 0.05) is 115 Å². The molecule has 9 N–H and O–H groups in total. The Morgan fingerprint density at radius 2 is 0.763 bits per heavy atom. The third-order valence-corrected chi connectivity index (χ3v) is 22.4. The molecule has 5 aromatic heterocycles. The quantitative estimate of drug-likeness (QED) is 0.00753. The van der Waals surface area contributed by atoms with Crippen LogP contribution in [0.3, 0.4) is 0 Å². The summed E-state index contributed by atoms with van der Waals surface area (Å²) in [4.78, 5) is 110. The molecule has 0 aliphatic carbocycles. The maximum absolute atomic E-state index is 12.6. The van der Waals surface area contributed by atoms with Gasteiger partial charge in [0.25, 0.3) is 0 Å². The first-order valence-corrected chi connectivity index (χ1v) is 54.8. The van der Waals surface area contributed by atoms with E-state index in [1.807, 2.05) is 108 Å². The fourth-order valence-corrected chi connectivity index (χ4v) is 16.8. The van der Waals surface area contributed by atoms with E-state index in [-0.39, 0.29) is 157 Å². The number of carbonyl (C=O) groups excluding carboxylic acids is 1. The van der Waals surface area contributed by atoms with Gasteiger partial charge < -0.3 is 95.8 Å². The Hall–Kier alpha value is -5.48. The first kappa shape index (κ1) is 114. The van der Waals surface area contributed by atoms with Gasteiger partial charge in [-0.05, 0) is 218 Å². The van der Waals surface area contributed by atoms with Crippen LogP contribution in [0, 0.1) is 30.3 Å². The number of nitrogens with two attached hydrogens (primary N) is 2. The molecule has 10 bridgehead atoms. The topological polar surface area (TPSA) is 482 Å². The van der Waals surface area contributed by atoms with Crippen LogP contribution >= 0.6 is 128 Å². The summed E-state index contributed by atoms with van der Waals surface area (Å²) in [6.45, 7) is 34.9. The zero-order chi connectivity index (χ0) is 97.4. The van der Waals surface area contributed by atoms with Crippen LogP contribution in [0.2, 0.25) is 41.9 Å². The first-order chi connectivity index (χ1) is 61.7. The second kappa shape index (κ2) is 58.3. The summed E-state index contributed by atoms with van der Waals surface area (Å²) in [6, 6.07) is 0.746. The Morgan fingerprint density at radius 1 is 0.489 bits per heavy atom. The van der Waals surface area contributed by atoms with Gasteiger partial charge in [-0.1, -0.05) is 76.8 Å². The second-order valence-corrected chi connectivity index (χ2v) is 42.6. The van der Waals surface area contributed by atoms with Crippen LogP contribution in [0.1, 0.15) is 166 Å². The van der Waals surface area contributed by atoms with Crippen molar-refractivity contribution in [3.8, 4) is 0 Å². The van der Waals surface area contributed by atoms with Crippen molar-refractivity contribution in [2.75, 3.05) is 173 Å². The number of carboxylic acids is 1. The van der Waals surface area contributed by atoms with E-state index >= 15 is 0 Å². The number of nitrogen functional groups attached to an aromatic ring is 1. The number of nitro groups is 3. The molecule has 10 aliphatic heterocycles. The molecule has 10 fully saturated rings. The van der Waals surface area contributed by atoms with E-state index in [0.717, 1.165) is 109 Å². The molecule has 0 saturated carbocycles. The molecule has 15 heterocycles. The van der Waals surface area contributed by atoms with Gasteiger partial charge in [0.15, 0.2) is 11.6 Å². The number of nitrogens with one attached hydrogen (secondary N) is 4. The second-order valence-electron chi connectivity index (χ2n) is 33.6. The number of ketones is 1. The number of carbonyl (C=O) groups is 2. The van der Waals surface area contributed by atoms with Crippen molar-refractivity contribution in [1.82, 2.24) is 69.9 Å². The summed E-state index contributed by atoms with van der Waals surface area (Å²) < 4.78 is 35.5. The zero-order valence-electron chi connectivity index (χ0n) is 77.5. The number of rotatable bonds is 24. The number of hydrogen-bond donors (Lipinski definition) is 7. The summed E-state index contributed by atoms with van der Waals surface area (Å²) in [7, 11) is 7.64. The van der Waals surface area contributed by atoms with Crippen molar-refractivity contribution < 1.29 is 53.1 Å². The molecule has 15 rings (SSSR count). The van der Waals surface area contributed by atoms with Gasteiger partial charge in [0.2, 0.25) is 59.3 Å². The molecule has 10 saturated heterocycles. The maximum atomic E-state index is 12.6. The minimum absolute atomic E-state index is 0. The molecule has 740 valence electrons. The summed E-state index contributed by atoms with van der Waals surface area (Å²) in [5.74, 6) is 2.81. The molecule has 0 radical (unpaired) electrons. The number of hydrogen-bond acceptors (Lipinski definition) is 36. The number of aromatic nitrogens is 10. The van der Waals surface area contributed by atoms with E-state index in [1.54, 1.807) is 0 Å². The van der Waals surface area contributed by atoms with Crippen LogP contribution < -0.4 is 52.3 Å². The van der Waals surface area contributed by atoms with Gasteiger partial charge in [-0.25, -0.2) is 9.97 Å². The van der Waals surface area contributed by atoms with Crippen molar-refractivity contribution in [3.05, 3.63) is 77.8 Å². The summed E-state index contributed by atoms with van der Waals surface area (Å²) in [5, 5.41) is 53.0. The number of anilines is 8. The Balaban J connectivity index is 0.000000272. The first-order valence-electron chi connectivity index (χ1n) is 43.7. The number of Topliss-reactive ketones (excluding diaryl/α,β-unsaturated/α-hetero) is 1. The van der Waals surface area contributed by atoms with E-state index in [4.69, 9.17) is 134 Å². The van der Waals surface area contributed by atoms with Crippen LogP contribution in [0.15, 0.2) is 0 Å². The fourth-order valence-electron chi connectivity index (χ4n) is 15.1. The van der Waals surface area contributed by atoms with Crippen LogP contribution in [-0.4, -0.2) is 313 Å². The van der Waals surface area contributed by atoms with Gasteiger partial charge in [0.05, 0.1) is 82.2 Å². The molecule has 131 heavy (non-hydrogen) atoms. The van der Waals surface area contributed by atoms with Gasteiger partial charge >= 0.3 is 64.2 Å². The molecular weight excluding hydrogens is 2100 g/mol. The van der Waals surface area contributed by atoms with Crippen molar-refractivity contribution >= 4 is 204 Å². The molecular formula is C81H132Cl8I2N26O14. The van der Waals surface area contributed by atoms with Crippen molar-refractivity contribution in [3.63, 3.8) is 0 Å².